The fraction of sp³-hybridized carbons (Fsp3) is 0.596. The number of aliphatic carboxylic acids is 1. The SMILES string of the molecule is CC/C=C\C/C=C\C/C=C\C/C=C\C/C=C\CCCC(=O)OC(/C=C\C/C=C\C/C=C\CCCCC)CCCCCCCC(=O)NC(CCCN)C(=O)O. The van der Waals surface area contributed by atoms with Crippen LogP contribution in [0.1, 0.15) is 162 Å². The number of carboxylic acid groups (broad SMARTS) is 1. The lowest BCUT2D eigenvalue weighted by Crippen LogP contribution is -2.40. The molecule has 0 aliphatic rings. The van der Waals surface area contributed by atoms with E-state index < -0.39 is 12.0 Å². The Kier molecular flexibility index (Phi) is 37.7. The molecule has 7 heteroatoms. The van der Waals surface area contributed by atoms with Crippen molar-refractivity contribution in [1.29, 1.82) is 0 Å². The molecular formula is C47H76N2O5. The molecule has 0 aromatic carbocycles. The first kappa shape index (κ1) is 50.3. The molecule has 54 heavy (non-hydrogen) atoms. The molecular weight excluding hydrogens is 673 g/mol. The van der Waals surface area contributed by atoms with Crippen molar-refractivity contribution in [2.45, 2.75) is 174 Å². The number of nitrogens with two attached hydrogens (primary N) is 1. The maximum Gasteiger partial charge on any atom is 0.326 e. The number of carbonyl (C=O) groups is 3. The zero-order valence-corrected chi connectivity index (χ0v) is 34.0. The zero-order valence-electron chi connectivity index (χ0n) is 34.0. The third-order valence-electron chi connectivity index (χ3n) is 8.62. The van der Waals surface area contributed by atoms with Crippen LogP contribution in [0.15, 0.2) is 97.2 Å². The molecule has 2 atom stereocenters. The maximum atomic E-state index is 12.7. The van der Waals surface area contributed by atoms with Gasteiger partial charge in [-0.25, -0.2) is 4.79 Å². The molecule has 0 aliphatic heterocycles. The van der Waals surface area contributed by atoms with Gasteiger partial charge in [0.05, 0.1) is 0 Å². The van der Waals surface area contributed by atoms with Gasteiger partial charge in [0.15, 0.2) is 0 Å². The van der Waals surface area contributed by atoms with Crippen LogP contribution in [0.4, 0.5) is 0 Å². The first-order valence-electron chi connectivity index (χ1n) is 21.1. The van der Waals surface area contributed by atoms with Gasteiger partial charge >= 0.3 is 11.9 Å². The van der Waals surface area contributed by atoms with E-state index in [0.29, 0.717) is 38.6 Å². The van der Waals surface area contributed by atoms with Crippen LogP contribution in [0.3, 0.4) is 0 Å². The van der Waals surface area contributed by atoms with E-state index in [-0.39, 0.29) is 18.0 Å². The van der Waals surface area contributed by atoms with E-state index in [1.807, 2.05) is 6.08 Å². The molecule has 4 N–H and O–H groups in total. The molecule has 0 bridgehead atoms. The topological polar surface area (TPSA) is 119 Å². The van der Waals surface area contributed by atoms with E-state index in [1.54, 1.807) is 0 Å². The normalized spacial score (nSPS) is 13.7. The second kappa shape index (κ2) is 40.5. The number of rotatable bonds is 36. The van der Waals surface area contributed by atoms with Gasteiger partial charge in [-0.05, 0) is 115 Å². The van der Waals surface area contributed by atoms with Gasteiger partial charge in [0.25, 0.3) is 0 Å². The van der Waals surface area contributed by atoms with E-state index in [9.17, 15) is 19.5 Å². The average molecular weight is 749 g/mol. The second-order valence-corrected chi connectivity index (χ2v) is 13.7. The van der Waals surface area contributed by atoms with Crippen LogP contribution in [0.2, 0.25) is 0 Å². The molecule has 0 heterocycles. The van der Waals surface area contributed by atoms with Crippen molar-refractivity contribution in [3.63, 3.8) is 0 Å². The van der Waals surface area contributed by atoms with E-state index in [0.717, 1.165) is 96.3 Å². The Morgan fingerprint density at radius 1 is 0.574 bits per heavy atom. The third-order valence-corrected chi connectivity index (χ3v) is 8.62. The molecule has 0 aromatic rings. The van der Waals surface area contributed by atoms with Gasteiger partial charge in [-0.3, -0.25) is 9.59 Å². The Morgan fingerprint density at radius 2 is 1.09 bits per heavy atom. The molecule has 7 nitrogen and oxygen atoms in total. The lowest BCUT2D eigenvalue weighted by Gasteiger charge is -2.15. The van der Waals surface area contributed by atoms with Gasteiger partial charge in [-0.1, -0.05) is 137 Å². The quantitative estimate of drug-likeness (QED) is 0.0333. The summed E-state index contributed by atoms with van der Waals surface area (Å²) in [6.07, 6.45) is 54.6. The first-order chi connectivity index (χ1) is 26.4. The van der Waals surface area contributed by atoms with Crippen LogP contribution in [-0.4, -0.2) is 41.6 Å². The van der Waals surface area contributed by atoms with Crippen LogP contribution in [0.25, 0.3) is 0 Å². The number of hydrogen-bond donors (Lipinski definition) is 3. The van der Waals surface area contributed by atoms with Crippen molar-refractivity contribution < 1.29 is 24.2 Å². The molecule has 0 radical (unpaired) electrons. The zero-order chi connectivity index (χ0) is 39.6. The first-order valence-corrected chi connectivity index (χ1v) is 21.1. The number of carbonyl (C=O) groups excluding carboxylic acids is 2. The van der Waals surface area contributed by atoms with Crippen molar-refractivity contribution in [2.24, 2.45) is 5.73 Å². The van der Waals surface area contributed by atoms with Gasteiger partial charge < -0.3 is 20.9 Å². The minimum Gasteiger partial charge on any atom is -0.480 e. The van der Waals surface area contributed by atoms with Crippen molar-refractivity contribution in [1.82, 2.24) is 5.32 Å². The fourth-order valence-corrected chi connectivity index (χ4v) is 5.47. The van der Waals surface area contributed by atoms with Gasteiger partial charge in [-0.2, -0.15) is 0 Å². The Morgan fingerprint density at radius 3 is 1.65 bits per heavy atom. The van der Waals surface area contributed by atoms with Crippen LogP contribution >= 0.6 is 0 Å². The Bertz CT molecular complexity index is 1160. The largest absolute Gasteiger partial charge is 0.480 e. The molecule has 0 saturated carbocycles. The van der Waals surface area contributed by atoms with Crippen LogP contribution < -0.4 is 11.1 Å². The maximum absolute atomic E-state index is 12.7. The third kappa shape index (κ3) is 36.6. The number of amides is 1. The molecule has 1 amide bonds. The number of nitrogens with one attached hydrogen (secondary N) is 1. The molecule has 0 aromatic heterocycles. The standard InChI is InChI=1S/C47H76N2O5/c1-3-5-7-9-11-13-15-16-17-18-19-20-22-24-26-31-35-41-46(51)54-43(37-32-28-25-23-21-14-12-10-8-6-4-2)38-33-29-27-30-34-40-45(50)49-44(47(52)53)39-36-42-48/h5,7,11-14,16-17,19-20,23-26,32,37,43-44H,3-4,6,8-10,15,18,21-22,27-31,33-36,38-42,48H2,1-2H3,(H,49,50)(H,52,53)/b7-5-,13-11-,14-12-,17-16-,20-19-,25-23-,26-24-,37-32-. The lowest BCUT2D eigenvalue weighted by atomic mass is 10.1. The van der Waals surface area contributed by atoms with Gasteiger partial charge in [0.1, 0.15) is 12.1 Å². The summed E-state index contributed by atoms with van der Waals surface area (Å²) in [6, 6.07) is -0.875. The highest BCUT2D eigenvalue weighted by molar-refractivity contribution is 5.83. The number of ether oxygens (including phenoxy) is 1. The highest BCUT2D eigenvalue weighted by Gasteiger charge is 2.18. The predicted molar refractivity (Wildman–Crippen MR) is 229 cm³/mol. The number of carboxylic acids is 1. The summed E-state index contributed by atoms with van der Waals surface area (Å²) in [4.78, 5) is 36.3. The Hall–Kier alpha value is -3.71. The van der Waals surface area contributed by atoms with Crippen LogP contribution in [0.5, 0.6) is 0 Å². The van der Waals surface area contributed by atoms with E-state index in [2.05, 4.69) is 110 Å². The fourth-order valence-electron chi connectivity index (χ4n) is 5.47. The number of unbranched alkanes of at least 4 members (excludes halogenated alkanes) is 8. The summed E-state index contributed by atoms with van der Waals surface area (Å²) in [7, 11) is 0. The molecule has 304 valence electrons. The van der Waals surface area contributed by atoms with Crippen molar-refractivity contribution in [2.75, 3.05) is 6.54 Å². The molecule has 0 saturated heterocycles. The summed E-state index contributed by atoms with van der Waals surface area (Å²) in [5, 5.41) is 11.9. The van der Waals surface area contributed by atoms with Crippen molar-refractivity contribution in [3.05, 3.63) is 97.2 Å². The highest BCUT2D eigenvalue weighted by Crippen LogP contribution is 2.14. The van der Waals surface area contributed by atoms with Crippen molar-refractivity contribution >= 4 is 17.8 Å². The molecule has 0 spiro atoms. The minimum atomic E-state index is -1.02. The summed E-state index contributed by atoms with van der Waals surface area (Å²) in [5.41, 5.74) is 5.48. The molecule has 0 aliphatic carbocycles. The van der Waals surface area contributed by atoms with Gasteiger partial charge in [-0.15, -0.1) is 0 Å². The Balaban J connectivity index is 4.56. The highest BCUT2D eigenvalue weighted by atomic mass is 16.5. The smallest absolute Gasteiger partial charge is 0.326 e. The van der Waals surface area contributed by atoms with Crippen LogP contribution in [0, 0.1) is 0 Å². The average Bonchev–Trinajstić information content (AvgIpc) is 3.16. The number of allylic oxidation sites excluding steroid dienone is 15. The minimum absolute atomic E-state index is 0.155. The Labute approximate surface area is 329 Å². The van der Waals surface area contributed by atoms with E-state index in [1.165, 1.54) is 19.3 Å². The van der Waals surface area contributed by atoms with Gasteiger partial charge in [0, 0.05) is 12.8 Å². The van der Waals surface area contributed by atoms with Crippen LogP contribution in [-0.2, 0) is 19.1 Å². The number of esters is 1. The summed E-state index contributed by atoms with van der Waals surface area (Å²) >= 11 is 0. The summed E-state index contributed by atoms with van der Waals surface area (Å²) in [5.74, 6) is -1.40. The van der Waals surface area contributed by atoms with Crippen molar-refractivity contribution in [3.8, 4) is 0 Å². The number of hydrogen-bond acceptors (Lipinski definition) is 5. The van der Waals surface area contributed by atoms with E-state index in [4.69, 9.17) is 10.5 Å². The second-order valence-electron chi connectivity index (χ2n) is 13.7. The summed E-state index contributed by atoms with van der Waals surface area (Å²) in [6.45, 7) is 4.77. The molecule has 0 fully saturated rings. The molecule has 2 unspecified atom stereocenters. The predicted octanol–water partition coefficient (Wildman–Crippen LogP) is 11.9. The van der Waals surface area contributed by atoms with E-state index >= 15 is 0 Å². The summed E-state index contributed by atoms with van der Waals surface area (Å²) < 4.78 is 5.90. The monoisotopic (exact) mass is 749 g/mol. The lowest BCUT2D eigenvalue weighted by molar-refractivity contribution is -0.147. The van der Waals surface area contributed by atoms with Gasteiger partial charge in [0.2, 0.25) is 5.91 Å². The molecule has 0 rings (SSSR count).